The molecule has 1 aliphatic heterocycles. The maximum atomic E-state index is 15.4. The minimum absolute atomic E-state index is 0.0946. The Hall–Kier alpha value is -4.53. The first-order chi connectivity index (χ1) is 16.8. The number of aromatic nitrogens is 3. The third-order valence-corrected chi connectivity index (χ3v) is 6.01. The molecular weight excluding hydrogens is 447 g/mol. The molecule has 5 rings (SSSR count). The molecule has 0 unspecified atom stereocenters. The van der Waals surface area contributed by atoms with Crippen molar-refractivity contribution < 1.29 is 14.0 Å². The van der Waals surface area contributed by atoms with Crippen LogP contribution in [0.15, 0.2) is 54.6 Å². The molecule has 35 heavy (non-hydrogen) atoms. The van der Waals surface area contributed by atoms with Gasteiger partial charge in [-0.25, -0.2) is 14.1 Å². The molecule has 0 atom stereocenters. The molecule has 0 spiro atoms. The van der Waals surface area contributed by atoms with E-state index in [1.165, 1.54) is 6.07 Å². The molecule has 9 heteroatoms. The van der Waals surface area contributed by atoms with Crippen molar-refractivity contribution in [1.29, 1.82) is 0 Å². The number of para-hydroxylation sites is 1. The summed E-state index contributed by atoms with van der Waals surface area (Å²) in [5, 5.41) is 10.5. The van der Waals surface area contributed by atoms with Crippen LogP contribution in [0.4, 0.5) is 21.7 Å². The molecule has 0 aliphatic carbocycles. The molecule has 2 aromatic carbocycles. The number of fused-ring (bicyclic) bond motifs is 2. The van der Waals surface area contributed by atoms with Gasteiger partial charge in [-0.15, -0.1) is 0 Å². The van der Waals surface area contributed by atoms with E-state index in [9.17, 15) is 9.59 Å². The average molecular weight is 471 g/mol. The van der Waals surface area contributed by atoms with Crippen molar-refractivity contribution in [3.8, 4) is 11.3 Å². The maximum absolute atomic E-state index is 15.4. The summed E-state index contributed by atoms with van der Waals surface area (Å²) in [4.78, 5) is 29.6. The zero-order valence-corrected chi connectivity index (χ0v) is 19.2. The van der Waals surface area contributed by atoms with Crippen LogP contribution in [0.1, 0.15) is 37.5 Å². The van der Waals surface area contributed by atoms with Crippen LogP contribution in [0.3, 0.4) is 0 Å². The summed E-state index contributed by atoms with van der Waals surface area (Å²) < 4.78 is 17.0. The largest absolute Gasteiger partial charge is 0.365 e. The quantitative estimate of drug-likeness (QED) is 0.410. The van der Waals surface area contributed by atoms with Gasteiger partial charge in [0.05, 0.1) is 0 Å². The SMILES string of the molecule is Cc1cccc(NC(=O)c2cc(F)c(-c3nn4c(c3C(N)=O)Nc3ccccc3CC4)cc2C)n1. The second kappa shape index (κ2) is 8.68. The summed E-state index contributed by atoms with van der Waals surface area (Å²) in [6.45, 7) is 4.00. The average Bonchev–Trinajstić information content (AvgIpc) is 3.07. The topological polar surface area (TPSA) is 115 Å². The number of nitrogens with two attached hydrogens (primary N) is 1. The maximum Gasteiger partial charge on any atom is 0.257 e. The van der Waals surface area contributed by atoms with Crippen molar-refractivity contribution in [2.75, 3.05) is 10.6 Å². The molecule has 176 valence electrons. The number of anilines is 3. The summed E-state index contributed by atoms with van der Waals surface area (Å²) in [7, 11) is 0. The van der Waals surface area contributed by atoms with E-state index in [1.54, 1.807) is 23.7 Å². The minimum Gasteiger partial charge on any atom is -0.365 e. The van der Waals surface area contributed by atoms with Gasteiger partial charge in [0.25, 0.3) is 11.8 Å². The number of aryl methyl sites for hydroxylation is 4. The smallest absolute Gasteiger partial charge is 0.257 e. The predicted octanol–water partition coefficient (Wildman–Crippen LogP) is 4.35. The number of nitrogens with one attached hydrogen (secondary N) is 2. The van der Waals surface area contributed by atoms with Crippen molar-refractivity contribution in [1.82, 2.24) is 14.8 Å². The van der Waals surface area contributed by atoms with Crippen molar-refractivity contribution in [2.45, 2.75) is 26.8 Å². The number of carbonyl (C=O) groups excluding carboxylic acids is 2. The summed E-state index contributed by atoms with van der Waals surface area (Å²) in [6.07, 6.45) is 0.684. The monoisotopic (exact) mass is 470 g/mol. The zero-order chi connectivity index (χ0) is 24.7. The molecule has 1 aliphatic rings. The molecule has 4 N–H and O–H groups in total. The van der Waals surface area contributed by atoms with Crippen LogP contribution < -0.4 is 16.4 Å². The van der Waals surface area contributed by atoms with Crippen molar-refractivity contribution in [2.24, 2.45) is 5.73 Å². The van der Waals surface area contributed by atoms with Crippen LogP contribution in [-0.4, -0.2) is 26.6 Å². The van der Waals surface area contributed by atoms with Crippen molar-refractivity contribution in [3.05, 3.63) is 88.4 Å². The first-order valence-corrected chi connectivity index (χ1v) is 11.1. The van der Waals surface area contributed by atoms with Crippen LogP contribution in [0.25, 0.3) is 11.3 Å². The highest BCUT2D eigenvalue weighted by molar-refractivity contribution is 6.07. The second-order valence-corrected chi connectivity index (χ2v) is 8.46. The van der Waals surface area contributed by atoms with Gasteiger partial charge in [-0.3, -0.25) is 9.59 Å². The number of pyridine rings is 1. The van der Waals surface area contributed by atoms with E-state index in [4.69, 9.17) is 5.73 Å². The number of rotatable bonds is 4. The Bertz CT molecular complexity index is 1490. The first kappa shape index (κ1) is 22.3. The highest BCUT2D eigenvalue weighted by Crippen LogP contribution is 2.36. The second-order valence-electron chi connectivity index (χ2n) is 8.46. The van der Waals surface area contributed by atoms with Crippen LogP contribution in [-0.2, 0) is 13.0 Å². The van der Waals surface area contributed by atoms with Crippen LogP contribution in [0.5, 0.6) is 0 Å². The van der Waals surface area contributed by atoms with Gasteiger partial charge in [0.2, 0.25) is 0 Å². The molecule has 3 heterocycles. The highest BCUT2D eigenvalue weighted by Gasteiger charge is 2.28. The molecule has 0 fully saturated rings. The fourth-order valence-corrected chi connectivity index (χ4v) is 4.29. The lowest BCUT2D eigenvalue weighted by Gasteiger charge is -2.11. The fourth-order valence-electron chi connectivity index (χ4n) is 4.29. The molecule has 0 radical (unpaired) electrons. The number of amides is 2. The number of hydrogen-bond acceptors (Lipinski definition) is 5. The summed E-state index contributed by atoms with van der Waals surface area (Å²) >= 11 is 0. The number of benzene rings is 2. The highest BCUT2D eigenvalue weighted by atomic mass is 19.1. The fraction of sp³-hybridized carbons (Fsp3) is 0.154. The molecule has 8 nitrogen and oxygen atoms in total. The van der Waals surface area contributed by atoms with E-state index >= 15 is 4.39 Å². The molecule has 0 saturated carbocycles. The van der Waals surface area contributed by atoms with Crippen molar-refractivity contribution >= 4 is 29.1 Å². The van der Waals surface area contributed by atoms with Crippen LogP contribution in [0, 0.1) is 19.7 Å². The van der Waals surface area contributed by atoms with E-state index in [0.717, 1.165) is 23.0 Å². The number of carbonyl (C=O) groups is 2. The summed E-state index contributed by atoms with van der Waals surface area (Å²) in [6, 6.07) is 15.6. The van der Waals surface area contributed by atoms with Crippen LogP contribution >= 0.6 is 0 Å². The molecule has 0 bridgehead atoms. The van der Waals surface area contributed by atoms with E-state index in [1.807, 2.05) is 37.3 Å². The summed E-state index contributed by atoms with van der Waals surface area (Å²) in [5.74, 6) is -1.10. The predicted molar refractivity (Wildman–Crippen MR) is 131 cm³/mol. The lowest BCUT2D eigenvalue weighted by molar-refractivity contribution is 0.0998. The molecule has 4 aromatic rings. The molecule has 0 saturated heterocycles. The Labute approximate surface area is 201 Å². The van der Waals surface area contributed by atoms with E-state index in [2.05, 4.69) is 20.7 Å². The van der Waals surface area contributed by atoms with Gasteiger partial charge in [-0.1, -0.05) is 24.3 Å². The third-order valence-electron chi connectivity index (χ3n) is 6.01. The Balaban J connectivity index is 1.54. The number of nitrogens with zero attached hydrogens (tertiary/aromatic N) is 3. The van der Waals surface area contributed by atoms with E-state index in [-0.39, 0.29) is 22.4 Å². The van der Waals surface area contributed by atoms with Gasteiger partial charge in [0, 0.05) is 29.1 Å². The molecule has 2 aromatic heterocycles. The Kier molecular flexibility index (Phi) is 5.52. The lowest BCUT2D eigenvalue weighted by atomic mass is 9.99. The number of hydrogen-bond donors (Lipinski definition) is 3. The van der Waals surface area contributed by atoms with Gasteiger partial charge >= 0.3 is 0 Å². The van der Waals surface area contributed by atoms with E-state index in [0.29, 0.717) is 30.2 Å². The Morgan fingerprint density at radius 2 is 1.91 bits per heavy atom. The zero-order valence-electron chi connectivity index (χ0n) is 19.2. The standard InChI is InChI=1S/C26H23FN6O2/c1-14-12-18(19(27)13-17(14)26(35)31-21-9-5-6-15(2)29-21)23-22(24(28)34)25-30-20-8-4-3-7-16(20)10-11-33(25)32-23/h3-9,12-13,30H,10-11H2,1-2H3,(H2,28,34)(H,29,31,35). The van der Waals surface area contributed by atoms with Crippen molar-refractivity contribution in [3.63, 3.8) is 0 Å². The van der Waals surface area contributed by atoms with Gasteiger partial charge in [0.15, 0.2) is 0 Å². The van der Waals surface area contributed by atoms with Gasteiger partial charge in [0.1, 0.15) is 28.7 Å². The number of halogens is 1. The molecular formula is C26H23FN6O2. The van der Waals surface area contributed by atoms with E-state index < -0.39 is 17.6 Å². The Morgan fingerprint density at radius 1 is 1.11 bits per heavy atom. The van der Waals surface area contributed by atoms with Gasteiger partial charge in [-0.05, 0) is 61.7 Å². The lowest BCUT2D eigenvalue weighted by Crippen LogP contribution is -2.16. The third kappa shape index (κ3) is 4.12. The van der Waals surface area contributed by atoms with Gasteiger partial charge in [-0.2, -0.15) is 5.10 Å². The Morgan fingerprint density at radius 3 is 2.69 bits per heavy atom. The minimum atomic E-state index is -0.725. The first-order valence-electron chi connectivity index (χ1n) is 11.1. The van der Waals surface area contributed by atoms with Gasteiger partial charge < -0.3 is 16.4 Å². The van der Waals surface area contributed by atoms with Crippen LogP contribution in [0.2, 0.25) is 0 Å². The number of primary amides is 1. The summed E-state index contributed by atoms with van der Waals surface area (Å²) in [5.41, 5.74) is 9.39. The molecule has 2 amide bonds. The normalized spacial score (nSPS) is 12.2.